The molecule has 0 aliphatic rings. The zero-order valence-electron chi connectivity index (χ0n) is 5.95. The van der Waals surface area contributed by atoms with E-state index in [0.717, 1.165) is 12.2 Å². The standard InChI is InChI=1S/C5H9IN4/c1-4(2)3-5-7-8-9-10(5)6/h4H,3H2,1-2H3. The van der Waals surface area contributed by atoms with E-state index in [1.807, 2.05) is 0 Å². The zero-order valence-corrected chi connectivity index (χ0v) is 8.11. The average Bonchev–Trinajstić information content (AvgIpc) is 2.15. The van der Waals surface area contributed by atoms with E-state index in [0.29, 0.717) is 5.92 Å². The number of aromatic nitrogens is 4. The maximum absolute atomic E-state index is 3.85. The van der Waals surface area contributed by atoms with Crippen molar-refractivity contribution >= 4 is 22.9 Å². The molecule has 1 heterocycles. The Morgan fingerprint density at radius 3 is 2.70 bits per heavy atom. The van der Waals surface area contributed by atoms with E-state index < -0.39 is 0 Å². The average molecular weight is 252 g/mol. The molecule has 5 heteroatoms. The minimum Gasteiger partial charge on any atom is -0.168 e. The zero-order chi connectivity index (χ0) is 7.56. The van der Waals surface area contributed by atoms with Gasteiger partial charge in [-0.25, -0.2) is 0 Å². The Hall–Kier alpha value is -0.200. The van der Waals surface area contributed by atoms with Crippen LogP contribution in [0.5, 0.6) is 0 Å². The third kappa shape index (κ3) is 1.89. The monoisotopic (exact) mass is 252 g/mol. The quantitative estimate of drug-likeness (QED) is 0.739. The summed E-state index contributed by atoms with van der Waals surface area (Å²) in [5.74, 6) is 1.55. The van der Waals surface area contributed by atoms with E-state index in [1.165, 1.54) is 0 Å². The fraction of sp³-hybridized carbons (Fsp3) is 0.800. The summed E-state index contributed by atoms with van der Waals surface area (Å²) >= 11 is 2.07. The van der Waals surface area contributed by atoms with Crippen LogP contribution < -0.4 is 0 Å². The lowest BCUT2D eigenvalue weighted by atomic mass is 10.1. The molecular weight excluding hydrogens is 243 g/mol. The molecule has 0 fully saturated rings. The Kier molecular flexibility index (Phi) is 2.58. The van der Waals surface area contributed by atoms with Crippen LogP contribution in [0, 0.1) is 5.92 Å². The number of halogens is 1. The predicted octanol–water partition coefficient (Wildman–Crippen LogP) is 1.07. The van der Waals surface area contributed by atoms with E-state index in [2.05, 4.69) is 52.2 Å². The molecule has 0 spiro atoms. The van der Waals surface area contributed by atoms with Crippen molar-refractivity contribution in [1.82, 2.24) is 18.4 Å². The van der Waals surface area contributed by atoms with Crippen LogP contribution in [-0.2, 0) is 6.42 Å². The van der Waals surface area contributed by atoms with Gasteiger partial charge < -0.3 is 0 Å². The Morgan fingerprint density at radius 2 is 2.30 bits per heavy atom. The lowest BCUT2D eigenvalue weighted by Crippen LogP contribution is -1.99. The second-order valence-corrected chi connectivity index (χ2v) is 3.47. The molecule has 0 bridgehead atoms. The summed E-state index contributed by atoms with van der Waals surface area (Å²) < 4.78 is 1.68. The number of hydrogen-bond donors (Lipinski definition) is 0. The molecular formula is C5H9IN4. The van der Waals surface area contributed by atoms with Gasteiger partial charge in [-0.3, -0.25) is 0 Å². The van der Waals surface area contributed by atoms with Gasteiger partial charge >= 0.3 is 0 Å². The maximum atomic E-state index is 3.85. The Bertz CT molecular complexity index is 207. The van der Waals surface area contributed by atoms with Crippen LogP contribution in [0.25, 0.3) is 0 Å². The summed E-state index contributed by atoms with van der Waals surface area (Å²) in [6.45, 7) is 4.29. The van der Waals surface area contributed by atoms with Crippen LogP contribution in [0.2, 0.25) is 0 Å². The summed E-state index contributed by atoms with van der Waals surface area (Å²) in [5.41, 5.74) is 0. The van der Waals surface area contributed by atoms with E-state index in [4.69, 9.17) is 0 Å². The van der Waals surface area contributed by atoms with Crippen molar-refractivity contribution in [3.8, 4) is 0 Å². The smallest absolute Gasteiger partial charge is 0.162 e. The number of rotatable bonds is 2. The van der Waals surface area contributed by atoms with Crippen molar-refractivity contribution in [1.29, 1.82) is 0 Å². The first-order chi connectivity index (χ1) is 4.70. The molecule has 1 aromatic rings. The van der Waals surface area contributed by atoms with E-state index in [-0.39, 0.29) is 0 Å². The van der Waals surface area contributed by atoms with Gasteiger partial charge in [-0.2, -0.15) is 2.90 Å². The fourth-order valence-electron chi connectivity index (χ4n) is 0.677. The molecule has 0 aliphatic carbocycles. The molecule has 1 aromatic heterocycles. The highest BCUT2D eigenvalue weighted by Gasteiger charge is 2.04. The van der Waals surface area contributed by atoms with Crippen molar-refractivity contribution in [2.24, 2.45) is 5.92 Å². The summed E-state index contributed by atoms with van der Waals surface area (Å²) in [5, 5.41) is 11.1. The van der Waals surface area contributed by atoms with E-state index in [1.54, 1.807) is 2.90 Å². The van der Waals surface area contributed by atoms with Gasteiger partial charge in [-0.05, 0) is 16.3 Å². The first kappa shape index (κ1) is 7.90. The van der Waals surface area contributed by atoms with Crippen molar-refractivity contribution in [2.45, 2.75) is 20.3 Å². The topological polar surface area (TPSA) is 43.6 Å². The fourth-order valence-corrected chi connectivity index (χ4v) is 1.06. The lowest BCUT2D eigenvalue weighted by molar-refractivity contribution is 0.619. The van der Waals surface area contributed by atoms with Crippen LogP contribution in [0.4, 0.5) is 0 Å². The molecule has 0 radical (unpaired) electrons. The van der Waals surface area contributed by atoms with Crippen molar-refractivity contribution < 1.29 is 0 Å². The van der Waals surface area contributed by atoms with Gasteiger partial charge in [0.05, 0.1) is 22.9 Å². The summed E-state index contributed by atoms with van der Waals surface area (Å²) in [6.07, 6.45) is 0.940. The minimum absolute atomic E-state index is 0.611. The largest absolute Gasteiger partial charge is 0.168 e. The third-order valence-electron chi connectivity index (χ3n) is 1.08. The van der Waals surface area contributed by atoms with Gasteiger partial charge in [-0.1, -0.05) is 13.8 Å². The molecule has 0 unspecified atom stereocenters. The molecule has 0 saturated carbocycles. The number of tetrazole rings is 1. The molecule has 0 aliphatic heterocycles. The summed E-state index contributed by atoms with van der Waals surface area (Å²) in [7, 11) is 0. The maximum Gasteiger partial charge on any atom is 0.162 e. The first-order valence-corrected chi connectivity index (χ1v) is 4.10. The highest BCUT2D eigenvalue weighted by molar-refractivity contribution is 14.1. The van der Waals surface area contributed by atoms with Gasteiger partial charge in [0.1, 0.15) is 0 Å². The number of nitrogens with zero attached hydrogens (tertiary/aromatic N) is 4. The predicted molar refractivity (Wildman–Crippen MR) is 45.8 cm³/mol. The highest BCUT2D eigenvalue weighted by Crippen LogP contribution is 2.04. The van der Waals surface area contributed by atoms with Gasteiger partial charge in [0, 0.05) is 6.42 Å². The van der Waals surface area contributed by atoms with Crippen LogP contribution in [-0.4, -0.2) is 18.4 Å². The van der Waals surface area contributed by atoms with Crippen LogP contribution in [0.1, 0.15) is 19.7 Å². The SMILES string of the molecule is CC(C)Cc1nnnn1I. The molecule has 0 atom stereocenters. The second-order valence-electron chi connectivity index (χ2n) is 2.55. The normalized spacial score (nSPS) is 10.8. The number of hydrogen-bond acceptors (Lipinski definition) is 3. The minimum atomic E-state index is 0.611. The van der Waals surface area contributed by atoms with Crippen LogP contribution in [0.3, 0.4) is 0 Å². The van der Waals surface area contributed by atoms with Crippen molar-refractivity contribution in [3.05, 3.63) is 5.82 Å². The van der Waals surface area contributed by atoms with E-state index in [9.17, 15) is 0 Å². The lowest BCUT2D eigenvalue weighted by Gasteiger charge is -1.98. The molecule has 0 saturated heterocycles. The second kappa shape index (κ2) is 3.27. The third-order valence-corrected chi connectivity index (χ3v) is 1.83. The van der Waals surface area contributed by atoms with Gasteiger partial charge in [0.25, 0.3) is 0 Å². The van der Waals surface area contributed by atoms with Crippen molar-refractivity contribution in [3.63, 3.8) is 0 Å². The molecule has 4 nitrogen and oxygen atoms in total. The Balaban J connectivity index is 2.65. The molecule has 0 aromatic carbocycles. The van der Waals surface area contributed by atoms with Crippen molar-refractivity contribution in [2.75, 3.05) is 0 Å². The molecule has 0 amide bonds. The Labute approximate surface area is 73.5 Å². The highest BCUT2D eigenvalue weighted by atomic mass is 127. The molecule has 1 rings (SSSR count). The van der Waals surface area contributed by atoms with Gasteiger partial charge in [-0.15, -0.1) is 5.10 Å². The first-order valence-electron chi connectivity index (χ1n) is 3.13. The van der Waals surface area contributed by atoms with Gasteiger partial charge in [0.15, 0.2) is 5.82 Å². The van der Waals surface area contributed by atoms with Crippen LogP contribution >= 0.6 is 22.9 Å². The molecule has 56 valence electrons. The molecule has 0 N–H and O–H groups in total. The molecule has 10 heavy (non-hydrogen) atoms. The van der Waals surface area contributed by atoms with Crippen LogP contribution in [0.15, 0.2) is 0 Å². The Morgan fingerprint density at radius 1 is 1.60 bits per heavy atom. The van der Waals surface area contributed by atoms with E-state index >= 15 is 0 Å². The van der Waals surface area contributed by atoms with Gasteiger partial charge in [0.2, 0.25) is 0 Å². The summed E-state index contributed by atoms with van der Waals surface area (Å²) in [6, 6.07) is 0. The summed E-state index contributed by atoms with van der Waals surface area (Å²) in [4.78, 5) is 0.